The van der Waals surface area contributed by atoms with Crippen molar-refractivity contribution in [3.8, 4) is 22.8 Å². The zero-order valence-corrected chi connectivity index (χ0v) is 13.9. The molecule has 0 N–H and O–H groups in total. The average Bonchev–Trinajstić information content (AvgIpc) is 3.30. The zero-order valence-electron chi connectivity index (χ0n) is 13.0. The molecule has 5 nitrogen and oxygen atoms in total. The molecule has 0 spiro atoms. The Hall–Kier alpha value is -2.86. The van der Waals surface area contributed by atoms with Crippen LogP contribution >= 0.6 is 11.3 Å². The van der Waals surface area contributed by atoms with Crippen molar-refractivity contribution in [1.82, 2.24) is 14.4 Å². The highest BCUT2D eigenvalue weighted by molar-refractivity contribution is 7.07. The Morgan fingerprint density at radius 1 is 1.17 bits per heavy atom. The summed E-state index contributed by atoms with van der Waals surface area (Å²) < 4.78 is 13.4. The molecule has 3 heterocycles. The summed E-state index contributed by atoms with van der Waals surface area (Å²) in [6.45, 7) is 0.420. The van der Waals surface area contributed by atoms with Gasteiger partial charge in [-0.25, -0.2) is 9.97 Å². The largest absolute Gasteiger partial charge is 0.497 e. The van der Waals surface area contributed by atoms with E-state index in [0.717, 1.165) is 34.1 Å². The second-order valence-corrected chi connectivity index (χ2v) is 5.92. The number of hydrogen-bond acceptors (Lipinski definition) is 5. The molecule has 0 saturated heterocycles. The summed E-state index contributed by atoms with van der Waals surface area (Å²) in [4.78, 5) is 8.61. The lowest BCUT2D eigenvalue weighted by molar-refractivity contribution is 0.301. The predicted octanol–water partition coefficient (Wildman–Crippen LogP) is 4.05. The Morgan fingerprint density at radius 2 is 2.12 bits per heavy atom. The van der Waals surface area contributed by atoms with E-state index >= 15 is 0 Å². The first-order valence-electron chi connectivity index (χ1n) is 7.45. The van der Waals surface area contributed by atoms with Crippen LogP contribution in [0.5, 0.6) is 11.5 Å². The number of fused-ring (bicyclic) bond motifs is 1. The lowest BCUT2D eigenvalue weighted by atomic mass is 10.1. The summed E-state index contributed by atoms with van der Waals surface area (Å²) in [5.41, 5.74) is 5.61. The van der Waals surface area contributed by atoms with Crippen LogP contribution in [0.15, 0.2) is 59.7 Å². The maximum atomic E-state index is 6.03. The van der Waals surface area contributed by atoms with Gasteiger partial charge in [0, 0.05) is 29.4 Å². The Morgan fingerprint density at radius 3 is 2.96 bits per heavy atom. The van der Waals surface area contributed by atoms with Gasteiger partial charge in [0.2, 0.25) is 0 Å². The minimum absolute atomic E-state index is 0.420. The van der Waals surface area contributed by atoms with E-state index in [4.69, 9.17) is 9.47 Å². The highest BCUT2D eigenvalue weighted by atomic mass is 32.1. The van der Waals surface area contributed by atoms with Crippen molar-refractivity contribution in [2.45, 2.75) is 6.61 Å². The molecule has 6 heteroatoms. The van der Waals surface area contributed by atoms with Crippen molar-refractivity contribution in [3.63, 3.8) is 0 Å². The van der Waals surface area contributed by atoms with Gasteiger partial charge in [-0.15, -0.1) is 11.3 Å². The molecule has 0 bridgehead atoms. The number of thiazole rings is 1. The maximum absolute atomic E-state index is 6.03. The van der Waals surface area contributed by atoms with Crippen LogP contribution in [0.25, 0.3) is 16.9 Å². The van der Waals surface area contributed by atoms with E-state index in [1.165, 1.54) is 0 Å². The normalized spacial score (nSPS) is 10.9. The number of pyridine rings is 1. The second kappa shape index (κ2) is 6.33. The molecule has 0 saturated carbocycles. The van der Waals surface area contributed by atoms with Crippen LogP contribution in [0.4, 0.5) is 0 Å². The van der Waals surface area contributed by atoms with Crippen molar-refractivity contribution >= 4 is 17.0 Å². The molecule has 120 valence electrons. The molecule has 0 radical (unpaired) electrons. The number of aromatic nitrogens is 3. The molecule has 0 fully saturated rings. The van der Waals surface area contributed by atoms with E-state index in [1.807, 2.05) is 52.4 Å². The van der Waals surface area contributed by atoms with E-state index in [-0.39, 0.29) is 0 Å². The summed E-state index contributed by atoms with van der Waals surface area (Å²) in [5, 5.41) is 1.98. The van der Waals surface area contributed by atoms with Gasteiger partial charge in [-0.3, -0.25) is 4.40 Å². The molecule has 0 aliphatic heterocycles. The van der Waals surface area contributed by atoms with Gasteiger partial charge in [0.1, 0.15) is 23.8 Å². The molecule has 0 unspecified atom stereocenters. The average molecular weight is 337 g/mol. The van der Waals surface area contributed by atoms with Gasteiger partial charge < -0.3 is 9.47 Å². The van der Waals surface area contributed by atoms with Crippen LogP contribution in [0.2, 0.25) is 0 Å². The van der Waals surface area contributed by atoms with Gasteiger partial charge >= 0.3 is 0 Å². The van der Waals surface area contributed by atoms with Gasteiger partial charge in [-0.05, 0) is 24.3 Å². The van der Waals surface area contributed by atoms with Crippen LogP contribution in [0.1, 0.15) is 5.69 Å². The summed E-state index contributed by atoms with van der Waals surface area (Å²) in [6.07, 6.45) is 3.73. The van der Waals surface area contributed by atoms with Crippen LogP contribution in [-0.4, -0.2) is 21.5 Å². The Balaban J connectivity index is 1.78. The summed E-state index contributed by atoms with van der Waals surface area (Å²) in [6, 6.07) is 11.9. The van der Waals surface area contributed by atoms with E-state index in [2.05, 4.69) is 9.97 Å². The molecular weight excluding hydrogens is 322 g/mol. The number of nitrogens with zero attached hydrogens (tertiary/aromatic N) is 3. The molecule has 0 aliphatic carbocycles. The van der Waals surface area contributed by atoms with Gasteiger partial charge in [-0.1, -0.05) is 6.07 Å². The topological polar surface area (TPSA) is 48.7 Å². The zero-order chi connectivity index (χ0) is 16.4. The number of methoxy groups -OCH3 is 1. The molecule has 24 heavy (non-hydrogen) atoms. The lowest BCUT2D eigenvalue weighted by Crippen LogP contribution is -1.99. The fourth-order valence-corrected chi connectivity index (χ4v) is 3.13. The molecule has 4 rings (SSSR count). The van der Waals surface area contributed by atoms with Crippen molar-refractivity contribution in [2.75, 3.05) is 7.11 Å². The minimum Gasteiger partial charge on any atom is -0.497 e. The third kappa shape index (κ3) is 2.72. The molecule has 0 atom stereocenters. The SMILES string of the molecule is COc1ccc(-c2cccc3nccn23)c(OCc2cscn2)c1. The standard InChI is InChI=1S/C18H15N3O2S/c1-22-14-5-6-15(16-3-2-4-18-19-7-8-21(16)18)17(9-14)23-10-13-11-24-12-20-13/h2-9,11-12H,10H2,1H3. The van der Waals surface area contributed by atoms with Gasteiger partial charge in [0.05, 0.1) is 24.0 Å². The maximum Gasteiger partial charge on any atom is 0.137 e. The van der Waals surface area contributed by atoms with E-state index < -0.39 is 0 Å². The fraction of sp³-hybridized carbons (Fsp3) is 0.111. The number of hydrogen-bond donors (Lipinski definition) is 0. The number of rotatable bonds is 5. The van der Waals surface area contributed by atoms with Gasteiger partial charge in [0.25, 0.3) is 0 Å². The van der Waals surface area contributed by atoms with Crippen molar-refractivity contribution in [2.24, 2.45) is 0 Å². The smallest absolute Gasteiger partial charge is 0.137 e. The quantitative estimate of drug-likeness (QED) is 0.551. The molecule has 3 aromatic heterocycles. The first-order chi connectivity index (χ1) is 11.8. The van der Waals surface area contributed by atoms with E-state index in [1.54, 1.807) is 30.2 Å². The number of benzene rings is 1. The molecule has 1 aromatic carbocycles. The Bertz CT molecular complexity index is 963. The van der Waals surface area contributed by atoms with E-state index in [9.17, 15) is 0 Å². The third-order valence-corrected chi connectivity index (χ3v) is 4.39. The third-order valence-electron chi connectivity index (χ3n) is 3.75. The minimum atomic E-state index is 0.420. The fourth-order valence-electron chi connectivity index (χ4n) is 2.59. The number of imidazole rings is 1. The number of ether oxygens (including phenoxy) is 2. The van der Waals surface area contributed by atoms with Crippen molar-refractivity contribution < 1.29 is 9.47 Å². The van der Waals surface area contributed by atoms with E-state index in [0.29, 0.717) is 6.61 Å². The first kappa shape index (κ1) is 14.7. The Labute approximate surface area is 143 Å². The van der Waals surface area contributed by atoms with Crippen LogP contribution in [-0.2, 0) is 6.61 Å². The summed E-state index contributed by atoms with van der Waals surface area (Å²) in [5.74, 6) is 1.51. The lowest BCUT2D eigenvalue weighted by Gasteiger charge is -2.14. The Kier molecular flexibility index (Phi) is 3.88. The van der Waals surface area contributed by atoms with Crippen LogP contribution < -0.4 is 9.47 Å². The highest BCUT2D eigenvalue weighted by Gasteiger charge is 2.12. The van der Waals surface area contributed by atoms with Crippen LogP contribution in [0.3, 0.4) is 0 Å². The molecule has 0 amide bonds. The highest BCUT2D eigenvalue weighted by Crippen LogP contribution is 2.34. The second-order valence-electron chi connectivity index (χ2n) is 5.20. The van der Waals surface area contributed by atoms with Gasteiger partial charge in [-0.2, -0.15) is 0 Å². The molecule has 0 aliphatic rings. The van der Waals surface area contributed by atoms with Gasteiger partial charge in [0.15, 0.2) is 0 Å². The van der Waals surface area contributed by atoms with Crippen LogP contribution in [0, 0.1) is 0 Å². The van der Waals surface area contributed by atoms with Crippen molar-refractivity contribution in [1.29, 1.82) is 0 Å². The predicted molar refractivity (Wildman–Crippen MR) is 93.6 cm³/mol. The molecular formula is C18H15N3O2S. The monoisotopic (exact) mass is 337 g/mol. The van der Waals surface area contributed by atoms with Crippen molar-refractivity contribution in [3.05, 3.63) is 65.4 Å². The molecule has 4 aromatic rings. The summed E-state index contributed by atoms with van der Waals surface area (Å²) >= 11 is 1.56. The summed E-state index contributed by atoms with van der Waals surface area (Å²) in [7, 11) is 1.65. The first-order valence-corrected chi connectivity index (χ1v) is 8.40.